The van der Waals surface area contributed by atoms with Gasteiger partial charge in [0.1, 0.15) is 5.75 Å². The number of hydrogen-bond donors (Lipinski definition) is 2. The first-order valence-electron chi connectivity index (χ1n) is 8.41. The number of phenols is 1. The SMILES string of the molecule is CCOC(=O)c1ccc(Cl)c(NC(=O)c2cc(C)c3ccccc3c2O)c1. The molecule has 0 aliphatic heterocycles. The zero-order chi connectivity index (χ0) is 19.6. The van der Waals surface area contributed by atoms with Gasteiger partial charge in [0.2, 0.25) is 0 Å². The van der Waals surface area contributed by atoms with Gasteiger partial charge in [0.15, 0.2) is 0 Å². The molecular weight excluding hydrogens is 366 g/mol. The zero-order valence-corrected chi connectivity index (χ0v) is 15.6. The van der Waals surface area contributed by atoms with Gasteiger partial charge in [-0.05, 0) is 49.1 Å². The maximum Gasteiger partial charge on any atom is 0.338 e. The fourth-order valence-electron chi connectivity index (χ4n) is 2.87. The number of halogens is 1. The Bertz CT molecular complexity index is 1050. The van der Waals surface area contributed by atoms with E-state index in [4.69, 9.17) is 16.3 Å². The molecule has 0 heterocycles. The van der Waals surface area contributed by atoms with Gasteiger partial charge in [0.25, 0.3) is 5.91 Å². The Morgan fingerprint density at radius 3 is 2.52 bits per heavy atom. The predicted molar refractivity (Wildman–Crippen MR) is 106 cm³/mol. The number of ether oxygens (including phenoxy) is 1. The number of carbonyl (C=O) groups is 2. The van der Waals surface area contributed by atoms with Gasteiger partial charge >= 0.3 is 5.97 Å². The van der Waals surface area contributed by atoms with Gasteiger partial charge in [-0.15, -0.1) is 0 Å². The summed E-state index contributed by atoms with van der Waals surface area (Å²) in [5.74, 6) is -1.13. The summed E-state index contributed by atoms with van der Waals surface area (Å²) in [6, 6.07) is 13.4. The highest BCUT2D eigenvalue weighted by Crippen LogP contribution is 2.32. The average molecular weight is 384 g/mol. The molecule has 0 aromatic heterocycles. The van der Waals surface area contributed by atoms with Crippen molar-refractivity contribution in [3.05, 3.63) is 70.2 Å². The number of aromatic hydroxyl groups is 1. The summed E-state index contributed by atoms with van der Waals surface area (Å²) in [7, 11) is 0. The zero-order valence-electron chi connectivity index (χ0n) is 14.9. The Morgan fingerprint density at radius 2 is 1.81 bits per heavy atom. The predicted octanol–water partition coefficient (Wildman–Crippen LogP) is 4.94. The molecule has 5 nitrogen and oxygen atoms in total. The normalized spacial score (nSPS) is 10.6. The molecule has 0 bridgehead atoms. The van der Waals surface area contributed by atoms with Crippen molar-refractivity contribution >= 4 is 39.9 Å². The molecule has 3 aromatic rings. The Hall–Kier alpha value is -3.05. The quantitative estimate of drug-likeness (QED) is 0.626. The van der Waals surface area contributed by atoms with Crippen molar-refractivity contribution in [1.29, 1.82) is 0 Å². The Morgan fingerprint density at radius 1 is 1.11 bits per heavy atom. The van der Waals surface area contributed by atoms with E-state index in [1.54, 1.807) is 25.1 Å². The lowest BCUT2D eigenvalue weighted by molar-refractivity contribution is 0.0526. The summed E-state index contributed by atoms with van der Waals surface area (Å²) in [5, 5.41) is 14.9. The van der Waals surface area contributed by atoms with E-state index in [0.717, 1.165) is 10.9 Å². The van der Waals surface area contributed by atoms with Gasteiger partial charge in [-0.2, -0.15) is 0 Å². The molecule has 3 aromatic carbocycles. The lowest BCUT2D eigenvalue weighted by Crippen LogP contribution is -2.14. The van der Waals surface area contributed by atoms with Crippen LogP contribution in [0.25, 0.3) is 10.8 Å². The molecule has 2 N–H and O–H groups in total. The molecule has 0 saturated carbocycles. The molecule has 0 fully saturated rings. The maximum atomic E-state index is 12.7. The molecule has 138 valence electrons. The number of phenolic OH excluding ortho intramolecular Hbond substituents is 1. The third kappa shape index (κ3) is 3.73. The molecule has 0 radical (unpaired) electrons. The van der Waals surface area contributed by atoms with Gasteiger partial charge in [0, 0.05) is 5.39 Å². The molecule has 6 heteroatoms. The largest absolute Gasteiger partial charge is 0.506 e. The maximum absolute atomic E-state index is 12.7. The second-order valence-electron chi connectivity index (χ2n) is 6.00. The summed E-state index contributed by atoms with van der Waals surface area (Å²) in [5.41, 5.74) is 1.52. The van der Waals surface area contributed by atoms with E-state index in [2.05, 4.69) is 5.32 Å². The number of aryl methyl sites for hydroxylation is 1. The van der Waals surface area contributed by atoms with Crippen molar-refractivity contribution in [3.8, 4) is 5.75 Å². The lowest BCUT2D eigenvalue weighted by atomic mass is 10.00. The van der Waals surface area contributed by atoms with Gasteiger partial charge in [-0.3, -0.25) is 4.79 Å². The summed E-state index contributed by atoms with van der Waals surface area (Å²) in [6.45, 7) is 3.82. The highest BCUT2D eigenvalue weighted by molar-refractivity contribution is 6.34. The van der Waals surface area contributed by atoms with Crippen molar-refractivity contribution in [1.82, 2.24) is 0 Å². The fraction of sp³-hybridized carbons (Fsp3) is 0.143. The Balaban J connectivity index is 1.96. The van der Waals surface area contributed by atoms with E-state index < -0.39 is 11.9 Å². The summed E-state index contributed by atoms with van der Waals surface area (Å²) < 4.78 is 4.96. The number of fused-ring (bicyclic) bond motifs is 1. The summed E-state index contributed by atoms with van der Waals surface area (Å²) in [6.07, 6.45) is 0. The number of amides is 1. The number of rotatable bonds is 4. The minimum atomic E-state index is -0.524. The molecule has 0 saturated heterocycles. The molecular formula is C21H18ClNO4. The first kappa shape index (κ1) is 18.7. The standard InChI is InChI=1S/C21H18ClNO4/c1-3-27-21(26)13-8-9-17(22)18(11-13)23-20(25)16-10-12(2)14-6-4-5-7-15(14)19(16)24/h4-11,24H,3H2,1-2H3,(H,23,25). The third-order valence-corrected chi connectivity index (χ3v) is 4.52. The van der Waals surface area contributed by atoms with E-state index in [9.17, 15) is 14.7 Å². The van der Waals surface area contributed by atoms with Crippen LogP contribution in [0, 0.1) is 6.92 Å². The smallest absolute Gasteiger partial charge is 0.338 e. The van der Waals surface area contributed by atoms with E-state index in [-0.39, 0.29) is 34.2 Å². The van der Waals surface area contributed by atoms with Crippen LogP contribution in [0.2, 0.25) is 5.02 Å². The number of carbonyl (C=O) groups excluding carboxylic acids is 2. The van der Waals surface area contributed by atoms with Crippen LogP contribution in [0.15, 0.2) is 48.5 Å². The summed E-state index contributed by atoms with van der Waals surface area (Å²) in [4.78, 5) is 24.6. The molecule has 0 aliphatic carbocycles. The third-order valence-electron chi connectivity index (χ3n) is 4.19. The van der Waals surface area contributed by atoms with Crippen LogP contribution < -0.4 is 5.32 Å². The van der Waals surface area contributed by atoms with Crippen molar-refractivity contribution in [3.63, 3.8) is 0 Å². The van der Waals surface area contributed by atoms with Crippen LogP contribution in [0.3, 0.4) is 0 Å². The number of hydrogen-bond acceptors (Lipinski definition) is 4. The van der Waals surface area contributed by atoms with Crippen LogP contribution in [0.1, 0.15) is 33.2 Å². The second kappa shape index (κ2) is 7.68. The molecule has 0 atom stereocenters. The number of esters is 1. The van der Waals surface area contributed by atoms with Crippen LogP contribution in [0.5, 0.6) is 5.75 Å². The molecule has 1 amide bonds. The van der Waals surface area contributed by atoms with Crippen LogP contribution in [0.4, 0.5) is 5.69 Å². The van der Waals surface area contributed by atoms with Gasteiger partial charge in [-0.25, -0.2) is 4.79 Å². The number of nitrogens with one attached hydrogen (secondary N) is 1. The average Bonchev–Trinajstić information content (AvgIpc) is 2.66. The lowest BCUT2D eigenvalue weighted by Gasteiger charge is -2.13. The van der Waals surface area contributed by atoms with Crippen molar-refractivity contribution in [2.45, 2.75) is 13.8 Å². The number of benzene rings is 3. The monoisotopic (exact) mass is 383 g/mol. The molecule has 0 unspecified atom stereocenters. The highest BCUT2D eigenvalue weighted by atomic mass is 35.5. The first-order valence-corrected chi connectivity index (χ1v) is 8.79. The molecule has 0 aliphatic rings. The minimum absolute atomic E-state index is 0.105. The molecule has 27 heavy (non-hydrogen) atoms. The van der Waals surface area contributed by atoms with Gasteiger partial charge < -0.3 is 15.2 Å². The van der Waals surface area contributed by atoms with E-state index >= 15 is 0 Å². The summed E-state index contributed by atoms with van der Waals surface area (Å²) >= 11 is 6.15. The van der Waals surface area contributed by atoms with E-state index in [0.29, 0.717) is 5.39 Å². The number of anilines is 1. The second-order valence-corrected chi connectivity index (χ2v) is 6.41. The van der Waals surface area contributed by atoms with Crippen LogP contribution in [-0.4, -0.2) is 23.6 Å². The highest BCUT2D eigenvalue weighted by Gasteiger charge is 2.18. The minimum Gasteiger partial charge on any atom is -0.506 e. The first-order chi connectivity index (χ1) is 12.9. The Labute approximate surface area is 161 Å². The van der Waals surface area contributed by atoms with E-state index in [1.165, 1.54) is 18.2 Å². The van der Waals surface area contributed by atoms with Crippen LogP contribution >= 0.6 is 11.6 Å². The Kier molecular flexibility index (Phi) is 5.33. The topological polar surface area (TPSA) is 75.6 Å². The molecule has 3 rings (SSSR count). The van der Waals surface area contributed by atoms with Gasteiger partial charge in [-0.1, -0.05) is 35.9 Å². The van der Waals surface area contributed by atoms with Crippen molar-refractivity contribution < 1.29 is 19.4 Å². The fourth-order valence-corrected chi connectivity index (χ4v) is 3.03. The van der Waals surface area contributed by atoms with E-state index in [1.807, 2.05) is 19.1 Å². The van der Waals surface area contributed by atoms with Crippen molar-refractivity contribution in [2.24, 2.45) is 0 Å². The van der Waals surface area contributed by atoms with Crippen molar-refractivity contribution in [2.75, 3.05) is 11.9 Å². The van der Waals surface area contributed by atoms with Gasteiger partial charge in [0.05, 0.1) is 28.4 Å². The van der Waals surface area contributed by atoms with Crippen LogP contribution in [-0.2, 0) is 4.74 Å². The molecule has 0 spiro atoms.